The van der Waals surface area contributed by atoms with Crippen molar-refractivity contribution < 1.29 is 9.53 Å². The molecule has 2 nitrogen and oxygen atoms in total. The fraction of sp³-hybridized carbons (Fsp3) is 0.0556. The molecule has 0 fully saturated rings. The van der Waals surface area contributed by atoms with Gasteiger partial charge >= 0.3 is 5.97 Å². The summed E-state index contributed by atoms with van der Waals surface area (Å²) in [5, 5.41) is 0. The van der Waals surface area contributed by atoms with E-state index in [9.17, 15) is 4.79 Å². The predicted molar refractivity (Wildman–Crippen MR) is 79.8 cm³/mol. The highest BCUT2D eigenvalue weighted by molar-refractivity contribution is 5.98. The molecule has 0 N–H and O–H groups in total. The highest BCUT2D eigenvalue weighted by Gasteiger charge is 2.06. The molecule has 0 saturated carbocycles. The monoisotopic (exact) mass is 262 g/mol. The molecule has 0 aromatic heterocycles. The van der Waals surface area contributed by atoms with E-state index >= 15 is 0 Å². The van der Waals surface area contributed by atoms with Gasteiger partial charge in [-0.05, 0) is 23.8 Å². The number of benzene rings is 2. The molecule has 0 saturated heterocycles. The first kappa shape index (κ1) is 13.6. The van der Waals surface area contributed by atoms with Crippen molar-refractivity contribution in [3.8, 4) is 11.8 Å². The average molecular weight is 262 g/mol. The lowest BCUT2D eigenvalue weighted by atomic mass is 10.1. The second-order valence-electron chi connectivity index (χ2n) is 4.08. The van der Waals surface area contributed by atoms with Crippen molar-refractivity contribution in [3.05, 3.63) is 77.4 Å². The van der Waals surface area contributed by atoms with Gasteiger partial charge in [-0.1, -0.05) is 60.4 Å². The van der Waals surface area contributed by atoms with E-state index in [-0.39, 0.29) is 0 Å². The van der Waals surface area contributed by atoms with Crippen LogP contribution in [0.4, 0.5) is 0 Å². The van der Waals surface area contributed by atoms with Crippen molar-refractivity contribution in [2.75, 3.05) is 7.11 Å². The maximum atomic E-state index is 11.7. The SMILES string of the molecule is COC(=O)/C(C#Cc1ccccc1)=C\c1ccccc1. The number of esters is 1. The van der Waals surface area contributed by atoms with Crippen molar-refractivity contribution in [3.63, 3.8) is 0 Å². The van der Waals surface area contributed by atoms with Gasteiger partial charge in [0.1, 0.15) is 5.57 Å². The Morgan fingerprint density at radius 3 is 2.20 bits per heavy atom. The van der Waals surface area contributed by atoms with E-state index < -0.39 is 5.97 Å². The van der Waals surface area contributed by atoms with Crippen LogP contribution in [0, 0.1) is 11.8 Å². The molecule has 0 radical (unpaired) electrons. The Morgan fingerprint density at radius 1 is 1.00 bits per heavy atom. The van der Waals surface area contributed by atoms with E-state index in [0.29, 0.717) is 5.57 Å². The predicted octanol–water partition coefficient (Wildman–Crippen LogP) is 3.29. The van der Waals surface area contributed by atoms with Crippen molar-refractivity contribution in [1.82, 2.24) is 0 Å². The van der Waals surface area contributed by atoms with Crippen LogP contribution in [0.2, 0.25) is 0 Å². The van der Waals surface area contributed by atoms with Crippen LogP contribution >= 0.6 is 0 Å². The molecule has 2 aromatic rings. The first-order valence-electron chi connectivity index (χ1n) is 6.22. The highest BCUT2D eigenvalue weighted by Crippen LogP contribution is 2.08. The van der Waals surface area contributed by atoms with Gasteiger partial charge in [0.05, 0.1) is 7.11 Å². The van der Waals surface area contributed by atoms with Crippen molar-refractivity contribution in [1.29, 1.82) is 0 Å². The normalized spacial score (nSPS) is 10.3. The van der Waals surface area contributed by atoms with E-state index in [1.807, 2.05) is 60.7 Å². The number of methoxy groups -OCH3 is 1. The van der Waals surface area contributed by atoms with Gasteiger partial charge in [0.2, 0.25) is 0 Å². The molecular formula is C18H14O2. The standard InChI is InChI=1S/C18H14O2/c1-20-18(19)17(14-16-10-6-3-7-11-16)13-12-15-8-4-2-5-9-15/h2-11,14H,1H3/b17-14-. The number of ether oxygens (including phenoxy) is 1. The molecule has 2 aromatic carbocycles. The molecule has 2 rings (SSSR count). The molecule has 0 spiro atoms. The molecule has 0 amide bonds. The van der Waals surface area contributed by atoms with Crippen LogP contribution < -0.4 is 0 Å². The second-order valence-corrected chi connectivity index (χ2v) is 4.08. The summed E-state index contributed by atoms with van der Waals surface area (Å²) in [5.41, 5.74) is 2.10. The van der Waals surface area contributed by atoms with Gasteiger partial charge in [0.15, 0.2) is 0 Å². The lowest BCUT2D eigenvalue weighted by Gasteiger charge is -1.98. The van der Waals surface area contributed by atoms with Crippen molar-refractivity contribution in [2.45, 2.75) is 0 Å². The van der Waals surface area contributed by atoms with Crippen LogP contribution in [0.1, 0.15) is 11.1 Å². The summed E-state index contributed by atoms with van der Waals surface area (Å²) in [4.78, 5) is 11.7. The van der Waals surface area contributed by atoms with E-state index in [0.717, 1.165) is 11.1 Å². The fourth-order valence-electron chi connectivity index (χ4n) is 1.63. The molecular weight excluding hydrogens is 248 g/mol. The summed E-state index contributed by atoms with van der Waals surface area (Å²) in [5.74, 6) is 5.40. The van der Waals surface area contributed by atoms with Crippen LogP contribution in [0.25, 0.3) is 6.08 Å². The molecule has 0 atom stereocenters. The average Bonchev–Trinajstić information content (AvgIpc) is 2.52. The van der Waals surface area contributed by atoms with Crippen LogP contribution in [0.5, 0.6) is 0 Å². The summed E-state index contributed by atoms with van der Waals surface area (Å²) >= 11 is 0. The maximum absolute atomic E-state index is 11.7. The van der Waals surface area contributed by atoms with Crippen LogP contribution in [0.15, 0.2) is 66.2 Å². The molecule has 0 aliphatic carbocycles. The third-order valence-corrected chi connectivity index (χ3v) is 2.63. The minimum atomic E-state index is -0.433. The van der Waals surface area contributed by atoms with Gasteiger partial charge in [0, 0.05) is 5.56 Å². The summed E-state index contributed by atoms with van der Waals surface area (Å²) in [6.45, 7) is 0. The van der Waals surface area contributed by atoms with Crippen LogP contribution in [-0.2, 0) is 9.53 Å². The third-order valence-electron chi connectivity index (χ3n) is 2.63. The highest BCUT2D eigenvalue weighted by atomic mass is 16.5. The van der Waals surface area contributed by atoms with Crippen LogP contribution in [0.3, 0.4) is 0 Å². The minimum Gasteiger partial charge on any atom is -0.465 e. The van der Waals surface area contributed by atoms with E-state index in [2.05, 4.69) is 11.8 Å². The molecule has 0 aliphatic rings. The third kappa shape index (κ3) is 3.86. The molecule has 20 heavy (non-hydrogen) atoms. The zero-order valence-corrected chi connectivity index (χ0v) is 11.2. The fourth-order valence-corrected chi connectivity index (χ4v) is 1.63. The molecule has 0 bridgehead atoms. The summed E-state index contributed by atoms with van der Waals surface area (Å²) in [7, 11) is 1.35. The summed E-state index contributed by atoms with van der Waals surface area (Å²) in [6, 6.07) is 19.1. The van der Waals surface area contributed by atoms with Gasteiger partial charge in [-0.3, -0.25) is 0 Å². The number of carbonyl (C=O) groups is 1. The molecule has 0 aliphatic heterocycles. The largest absolute Gasteiger partial charge is 0.465 e. The second kappa shape index (κ2) is 6.96. The summed E-state index contributed by atoms with van der Waals surface area (Å²) < 4.78 is 4.76. The molecule has 0 heterocycles. The van der Waals surface area contributed by atoms with Gasteiger partial charge in [-0.2, -0.15) is 0 Å². The Balaban J connectivity index is 2.33. The van der Waals surface area contributed by atoms with Crippen LogP contribution in [-0.4, -0.2) is 13.1 Å². The van der Waals surface area contributed by atoms with E-state index in [1.165, 1.54) is 7.11 Å². The van der Waals surface area contributed by atoms with Gasteiger partial charge in [0.25, 0.3) is 0 Å². The Hall–Kier alpha value is -2.79. The lowest BCUT2D eigenvalue weighted by molar-refractivity contribution is -0.135. The number of hydrogen-bond donors (Lipinski definition) is 0. The van der Waals surface area contributed by atoms with Gasteiger partial charge in [-0.25, -0.2) is 4.79 Å². The van der Waals surface area contributed by atoms with Crippen molar-refractivity contribution in [2.24, 2.45) is 0 Å². The number of rotatable bonds is 2. The zero-order chi connectivity index (χ0) is 14.2. The minimum absolute atomic E-state index is 0.336. The quantitative estimate of drug-likeness (QED) is 0.471. The Labute approximate surface area is 118 Å². The number of carbonyl (C=O) groups excluding carboxylic acids is 1. The summed E-state index contributed by atoms with van der Waals surface area (Å²) in [6.07, 6.45) is 1.72. The smallest absolute Gasteiger partial charge is 0.346 e. The maximum Gasteiger partial charge on any atom is 0.346 e. The number of hydrogen-bond acceptors (Lipinski definition) is 2. The Kier molecular flexibility index (Phi) is 4.75. The lowest BCUT2D eigenvalue weighted by Crippen LogP contribution is -2.02. The van der Waals surface area contributed by atoms with Gasteiger partial charge < -0.3 is 4.74 Å². The first-order chi connectivity index (χ1) is 9.79. The Morgan fingerprint density at radius 2 is 1.60 bits per heavy atom. The Bertz CT molecular complexity index is 659. The van der Waals surface area contributed by atoms with Crippen molar-refractivity contribution >= 4 is 12.0 Å². The zero-order valence-electron chi connectivity index (χ0n) is 11.2. The van der Waals surface area contributed by atoms with E-state index in [1.54, 1.807) is 6.08 Å². The molecule has 98 valence electrons. The topological polar surface area (TPSA) is 26.3 Å². The molecule has 0 unspecified atom stereocenters. The van der Waals surface area contributed by atoms with Gasteiger partial charge in [-0.15, -0.1) is 0 Å². The first-order valence-corrected chi connectivity index (χ1v) is 6.22. The molecule has 2 heteroatoms. The van der Waals surface area contributed by atoms with E-state index in [4.69, 9.17) is 4.74 Å².